The second-order valence-electron chi connectivity index (χ2n) is 6.84. The summed E-state index contributed by atoms with van der Waals surface area (Å²) < 4.78 is 28.0. The largest absolute Gasteiger partial charge is 0.326 e. The number of anilines is 1. The molecule has 7 nitrogen and oxygen atoms in total. The fourth-order valence-corrected chi connectivity index (χ4v) is 5.37. The van der Waals surface area contributed by atoms with E-state index in [1.54, 1.807) is 29.0 Å². The molecule has 1 fully saturated rings. The minimum Gasteiger partial charge on any atom is -0.326 e. The summed E-state index contributed by atoms with van der Waals surface area (Å²) >= 11 is 1.55. The fourth-order valence-electron chi connectivity index (χ4n) is 3.29. The van der Waals surface area contributed by atoms with Crippen molar-refractivity contribution in [2.24, 2.45) is 5.92 Å². The van der Waals surface area contributed by atoms with E-state index < -0.39 is 10.0 Å². The SMILES string of the molecule is Cc1ccc(S(=O)(=O)N2CCC(C(=O)Nc3ccc4scnc4c3)CC2)cn1. The zero-order valence-corrected chi connectivity index (χ0v) is 17.0. The molecule has 0 spiro atoms. The Morgan fingerprint density at radius 3 is 2.68 bits per heavy atom. The van der Waals surface area contributed by atoms with E-state index in [4.69, 9.17) is 0 Å². The number of pyridine rings is 1. The summed E-state index contributed by atoms with van der Waals surface area (Å²) in [6, 6.07) is 8.92. The molecule has 9 heteroatoms. The number of rotatable bonds is 4. The van der Waals surface area contributed by atoms with Gasteiger partial charge in [0.25, 0.3) is 0 Å². The fraction of sp³-hybridized carbons (Fsp3) is 0.316. The van der Waals surface area contributed by atoms with Crippen LogP contribution in [0.25, 0.3) is 10.2 Å². The first-order valence-corrected chi connectivity index (χ1v) is 11.3. The third-order valence-corrected chi connectivity index (χ3v) is 7.64. The lowest BCUT2D eigenvalue weighted by Gasteiger charge is -2.30. The molecule has 0 unspecified atom stereocenters. The molecule has 146 valence electrons. The number of aryl methyl sites for hydroxylation is 1. The number of thiazole rings is 1. The predicted octanol–water partition coefficient (Wildman–Crippen LogP) is 3.04. The highest BCUT2D eigenvalue weighted by molar-refractivity contribution is 7.89. The molecule has 1 N–H and O–H groups in total. The lowest BCUT2D eigenvalue weighted by Crippen LogP contribution is -2.41. The van der Waals surface area contributed by atoms with Crippen LogP contribution in [0.3, 0.4) is 0 Å². The Morgan fingerprint density at radius 2 is 1.96 bits per heavy atom. The number of nitrogens with one attached hydrogen (secondary N) is 1. The molecule has 3 aromatic rings. The zero-order chi connectivity index (χ0) is 19.7. The van der Waals surface area contributed by atoms with Crippen LogP contribution in [0.1, 0.15) is 18.5 Å². The smallest absolute Gasteiger partial charge is 0.244 e. The summed E-state index contributed by atoms with van der Waals surface area (Å²) in [5.74, 6) is -0.294. The molecule has 1 aliphatic heterocycles. The molecular formula is C19H20N4O3S2. The molecular weight excluding hydrogens is 396 g/mol. The quantitative estimate of drug-likeness (QED) is 0.706. The molecule has 1 saturated heterocycles. The van der Waals surface area contributed by atoms with Crippen molar-refractivity contribution < 1.29 is 13.2 Å². The molecule has 0 aliphatic carbocycles. The Labute approximate surface area is 167 Å². The highest BCUT2D eigenvalue weighted by Gasteiger charge is 2.32. The van der Waals surface area contributed by atoms with Crippen molar-refractivity contribution >= 4 is 43.2 Å². The maximum Gasteiger partial charge on any atom is 0.244 e. The van der Waals surface area contributed by atoms with Gasteiger partial charge in [-0.05, 0) is 50.1 Å². The molecule has 3 heterocycles. The number of carbonyl (C=O) groups excluding carboxylic acids is 1. The molecule has 4 rings (SSSR count). The molecule has 2 aromatic heterocycles. The van der Waals surface area contributed by atoms with Gasteiger partial charge >= 0.3 is 0 Å². The van der Waals surface area contributed by atoms with Gasteiger partial charge in [-0.2, -0.15) is 4.31 Å². The molecule has 1 amide bonds. The van der Waals surface area contributed by atoms with Crippen LogP contribution >= 0.6 is 11.3 Å². The summed E-state index contributed by atoms with van der Waals surface area (Å²) in [5.41, 5.74) is 4.11. The number of aromatic nitrogens is 2. The normalized spacial score (nSPS) is 16.3. The maximum atomic E-state index is 12.7. The third-order valence-electron chi connectivity index (χ3n) is 4.94. The van der Waals surface area contributed by atoms with Gasteiger partial charge in [0.15, 0.2) is 0 Å². The highest BCUT2D eigenvalue weighted by atomic mass is 32.2. The number of fused-ring (bicyclic) bond motifs is 1. The maximum absolute atomic E-state index is 12.7. The number of piperidine rings is 1. The van der Waals surface area contributed by atoms with E-state index in [1.165, 1.54) is 10.5 Å². The van der Waals surface area contributed by atoms with Gasteiger partial charge in [-0.25, -0.2) is 13.4 Å². The molecule has 1 aliphatic rings. The summed E-state index contributed by atoms with van der Waals surface area (Å²) in [7, 11) is -3.57. The lowest BCUT2D eigenvalue weighted by molar-refractivity contribution is -0.120. The Bertz CT molecular complexity index is 1100. The Hall–Kier alpha value is -2.36. The summed E-state index contributed by atoms with van der Waals surface area (Å²) in [5, 5.41) is 2.93. The molecule has 28 heavy (non-hydrogen) atoms. The Balaban J connectivity index is 1.39. The van der Waals surface area contributed by atoms with Gasteiger partial charge < -0.3 is 5.32 Å². The van der Waals surface area contributed by atoms with Crippen molar-refractivity contribution in [2.45, 2.75) is 24.7 Å². The second-order valence-corrected chi connectivity index (χ2v) is 9.66. The van der Waals surface area contributed by atoms with Crippen molar-refractivity contribution in [1.29, 1.82) is 0 Å². The van der Waals surface area contributed by atoms with Crippen LogP contribution < -0.4 is 5.32 Å². The summed E-state index contributed by atoms with van der Waals surface area (Å²) in [4.78, 5) is 21.1. The van der Waals surface area contributed by atoms with Crippen LogP contribution in [0.5, 0.6) is 0 Å². The van der Waals surface area contributed by atoms with Gasteiger partial charge in [-0.1, -0.05) is 0 Å². The van der Waals surface area contributed by atoms with Crippen LogP contribution in [0.4, 0.5) is 5.69 Å². The second kappa shape index (κ2) is 7.57. The average molecular weight is 417 g/mol. The van der Waals surface area contributed by atoms with Gasteiger partial charge in [0, 0.05) is 36.6 Å². The highest BCUT2D eigenvalue weighted by Crippen LogP contribution is 2.26. The van der Waals surface area contributed by atoms with E-state index in [0.29, 0.717) is 31.6 Å². The van der Waals surface area contributed by atoms with Gasteiger partial charge in [-0.3, -0.25) is 9.78 Å². The number of benzene rings is 1. The van der Waals surface area contributed by atoms with Crippen LogP contribution in [0.2, 0.25) is 0 Å². The first-order chi connectivity index (χ1) is 13.4. The van der Waals surface area contributed by atoms with Gasteiger partial charge in [-0.15, -0.1) is 11.3 Å². The minimum atomic E-state index is -3.57. The monoisotopic (exact) mass is 416 g/mol. The van der Waals surface area contributed by atoms with E-state index in [-0.39, 0.29) is 16.7 Å². The van der Waals surface area contributed by atoms with Gasteiger partial charge in [0.1, 0.15) is 4.90 Å². The van der Waals surface area contributed by atoms with E-state index in [0.717, 1.165) is 15.9 Å². The first-order valence-electron chi connectivity index (χ1n) is 9.00. The number of sulfonamides is 1. The molecule has 0 radical (unpaired) electrons. The summed E-state index contributed by atoms with van der Waals surface area (Å²) in [6.45, 7) is 2.45. The van der Waals surface area contributed by atoms with Crippen LogP contribution in [-0.2, 0) is 14.8 Å². The first kappa shape index (κ1) is 19.0. The van der Waals surface area contributed by atoms with E-state index in [1.807, 2.05) is 25.1 Å². The topological polar surface area (TPSA) is 92.3 Å². The average Bonchev–Trinajstić information content (AvgIpc) is 3.16. The van der Waals surface area contributed by atoms with E-state index in [2.05, 4.69) is 15.3 Å². The number of amides is 1. The van der Waals surface area contributed by atoms with Crippen LogP contribution in [0.15, 0.2) is 46.9 Å². The Morgan fingerprint density at radius 1 is 1.18 bits per heavy atom. The number of carbonyl (C=O) groups is 1. The zero-order valence-electron chi connectivity index (χ0n) is 15.3. The van der Waals surface area contributed by atoms with Crippen molar-refractivity contribution in [2.75, 3.05) is 18.4 Å². The molecule has 0 atom stereocenters. The molecule has 0 bridgehead atoms. The predicted molar refractivity (Wildman–Crippen MR) is 109 cm³/mol. The van der Waals surface area contributed by atoms with E-state index in [9.17, 15) is 13.2 Å². The molecule has 1 aromatic carbocycles. The van der Waals surface area contributed by atoms with Crippen molar-refractivity contribution in [1.82, 2.24) is 14.3 Å². The van der Waals surface area contributed by atoms with Crippen LogP contribution in [-0.4, -0.2) is 41.7 Å². The number of hydrogen-bond acceptors (Lipinski definition) is 6. The Kier molecular flexibility index (Phi) is 5.13. The number of hydrogen-bond donors (Lipinski definition) is 1. The van der Waals surface area contributed by atoms with Crippen LogP contribution in [0, 0.1) is 12.8 Å². The van der Waals surface area contributed by atoms with Crippen molar-refractivity contribution in [3.05, 3.63) is 47.7 Å². The minimum absolute atomic E-state index is 0.0800. The standard InChI is InChI=1S/C19H20N4O3S2/c1-13-2-4-16(11-20-13)28(25,26)23-8-6-14(7-9-23)19(24)22-15-3-5-18-17(10-15)21-12-27-18/h2-5,10-12,14H,6-9H2,1H3,(H,22,24). The van der Waals surface area contributed by atoms with Crippen molar-refractivity contribution in [3.63, 3.8) is 0 Å². The van der Waals surface area contributed by atoms with Crippen molar-refractivity contribution in [3.8, 4) is 0 Å². The molecule has 0 saturated carbocycles. The van der Waals surface area contributed by atoms with Gasteiger partial charge in [0.2, 0.25) is 15.9 Å². The van der Waals surface area contributed by atoms with E-state index >= 15 is 0 Å². The number of nitrogens with zero attached hydrogens (tertiary/aromatic N) is 3. The van der Waals surface area contributed by atoms with Gasteiger partial charge in [0.05, 0.1) is 15.7 Å². The summed E-state index contributed by atoms with van der Waals surface area (Å²) in [6.07, 6.45) is 2.37. The lowest BCUT2D eigenvalue weighted by atomic mass is 9.97. The third kappa shape index (κ3) is 3.78.